The number of carboxylic acids is 1. The van der Waals surface area contributed by atoms with Crippen LogP contribution in [-0.2, 0) is 19.1 Å². The number of likely N-dealkylation sites (tertiary alicyclic amines) is 1. The number of halogens is 6. The molecule has 0 bridgehead atoms. The van der Waals surface area contributed by atoms with E-state index in [-0.39, 0.29) is 12.0 Å². The Labute approximate surface area is 163 Å². The maximum atomic E-state index is 12.8. The Morgan fingerprint density at radius 1 is 1.17 bits per heavy atom. The van der Waals surface area contributed by atoms with Gasteiger partial charge in [-0.15, -0.1) is 0 Å². The van der Waals surface area contributed by atoms with Gasteiger partial charge in [-0.1, -0.05) is 0 Å². The summed E-state index contributed by atoms with van der Waals surface area (Å²) in [6, 6.07) is -2.42. The van der Waals surface area contributed by atoms with Crippen molar-refractivity contribution in [1.82, 2.24) is 15.1 Å². The number of alkyl halides is 6. The lowest BCUT2D eigenvalue weighted by Crippen LogP contribution is -2.70. The SMILES string of the molecule is O=C(NCC(F)(F)F)OCC1=C(C(=O)O)N2C(=O)[C@@H]3[C@H]2[C@H](C1)CN3C(=O)C(F)(F)F. The first-order chi connectivity index (χ1) is 13.7. The molecule has 0 aromatic heterocycles. The normalized spacial score (nSPS) is 25.7. The number of carbonyl (C=O) groups excluding carboxylic acids is 3. The molecule has 0 spiro atoms. The van der Waals surface area contributed by atoms with Gasteiger partial charge in [0.05, 0.1) is 6.04 Å². The Balaban J connectivity index is 1.76. The van der Waals surface area contributed by atoms with E-state index in [4.69, 9.17) is 0 Å². The van der Waals surface area contributed by atoms with Crippen LogP contribution in [0.2, 0.25) is 0 Å². The minimum atomic E-state index is -5.22. The van der Waals surface area contributed by atoms with Crippen LogP contribution in [0.5, 0.6) is 0 Å². The van der Waals surface area contributed by atoms with Crippen LogP contribution >= 0.6 is 0 Å². The van der Waals surface area contributed by atoms with Gasteiger partial charge in [0, 0.05) is 12.5 Å². The van der Waals surface area contributed by atoms with E-state index in [0.29, 0.717) is 4.90 Å². The zero-order chi connectivity index (χ0) is 22.6. The van der Waals surface area contributed by atoms with Crippen molar-refractivity contribution in [3.05, 3.63) is 11.3 Å². The van der Waals surface area contributed by atoms with E-state index < -0.39 is 79.6 Å². The Morgan fingerprint density at radius 2 is 1.80 bits per heavy atom. The van der Waals surface area contributed by atoms with Crippen molar-refractivity contribution in [2.45, 2.75) is 30.9 Å². The number of nitrogens with one attached hydrogen (secondary N) is 1. The molecule has 3 aliphatic rings. The lowest BCUT2D eigenvalue weighted by molar-refractivity contribution is -0.190. The number of carboxylic acid groups (broad SMARTS) is 1. The van der Waals surface area contributed by atoms with Crippen molar-refractivity contribution in [3.63, 3.8) is 0 Å². The predicted octanol–water partition coefficient (Wildman–Crippen LogP) is 0.617. The number of amides is 3. The smallest absolute Gasteiger partial charge is 0.471 e. The molecule has 0 radical (unpaired) electrons. The third kappa shape index (κ3) is 3.75. The molecule has 3 atom stereocenters. The Kier molecular flexibility index (Phi) is 5.10. The third-order valence-electron chi connectivity index (χ3n) is 4.96. The van der Waals surface area contributed by atoms with Crippen molar-refractivity contribution in [2.75, 3.05) is 19.7 Å². The number of nitrogens with zero attached hydrogens (tertiary/aromatic N) is 2. The first kappa shape index (κ1) is 21.7. The number of β-lactam (4-membered cyclic amide) rings is 1. The molecule has 2 N–H and O–H groups in total. The van der Waals surface area contributed by atoms with Crippen LogP contribution < -0.4 is 5.32 Å². The molecule has 3 rings (SSSR count). The molecule has 0 aromatic rings. The largest absolute Gasteiger partial charge is 0.477 e. The molecular formula is C15H13F6N3O6. The molecule has 0 aromatic carbocycles. The molecule has 15 heteroatoms. The standard InChI is InChI=1S/C15H13F6N3O6/c16-14(17,18)4-22-13(29)30-3-6-1-5-2-23(12(28)15(19,20)21)9-7(5)24(10(9)25)8(6)11(26)27/h5,7,9H,1-4H2,(H,22,29)(H,26,27)/t5-,7-,9+/m1/s1. The van der Waals surface area contributed by atoms with Gasteiger partial charge >= 0.3 is 30.3 Å². The highest BCUT2D eigenvalue weighted by molar-refractivity contribution is 6.03. The predicted molar refractivity (Wildman–Crippen MR) is 80.4 cm³/mol. The van der Waals surface area contributed by atoms with E-state index in [1.807, 2.05) is 0 Å². The Bertz CT molecular complexity index is 838. The summed E-state index contributed by atoms with van der Waals surface area (Å²) in [6.07, 6.45) is -11.7. The quantitative estimate of drug-likeness (QED) is 0.484. The van der Waals surface area contributed by atoms with E-state index in [1.54, 1.807) is 0 Å². The van der Waals surface area contributed by atoms with Gasteiger partial charge in [-0.2, -0.15) is 26.3 Å². The number of hydrogen-bond donors (Lipinski definition) is 2. The number of hydrogen-bond acceptors (Lipinski definition) is 5. The second-order valence-corrected chi connectivity index (χ2v) is 6.87. The van der Waals surface area contributed by atoms with Gasteiger partial charge in [0.15, 0.2) is 0 Å². The first-order valence-electron chi connectivity index (χ1n) is 8.36. The topological polar surface area (TPSA) is 116 Å². The molecule has 166 valence electrons. The average molecular weight is 445 g/mol. The van der Waals surface area contributed by atoms with Gasteiger partial charge in [-0.25, -0.2) is 9.59 Å². The van der Waals surface area contributed by atoms with E-state index in [2.05, 4.69) is 4.74 Å². The Hall–Kier alpha value is -3.00. The maximum absolute atomic E-state index is 12.8. The molecule has 2 saturated heterocycles. The molecule has 3 amide bonds. The molecule has 0 aliphatic carbocycles. The number of aliphatic carboxylic acids is 1. The van der Waals surface area contributed by atoms with Crippen molar-refractivity contribution in [3.8, 4) is 0 Å². The molecule has 0 unspecified atom stereocenters. The highest BCUT2D eigenvalue weighted by Crippen LogP contribution is 2.47. The summed E-state index contributed by atoms with van der Waals surface area (Å²) >= 11 is 0. The zero-order valence-corrected chi connectivity index (χ0v) is 14.7. The van der Waals surface area contributed by atoms with Crippen LogP contribution in [0.1, 0.15) is 6.42 Å². The van der Waals surface area contributed by atoms with Gasteiger partial charge in [0.25, 0.3) is 5.91 Å². The highest BCUT2D eigenvalue weighted by Gasteiger charge is 2.66. The number of ether oxygens (including phenoxy) is 1. The average Bonchev–Trinajstić information content (AvgIpc) is 2.97. The summed E-state index contributed by atoms with van der Waals surface area (Å²) in [6.45, 7) is -2.97. The number of carbonyl (C=O) groups is 4. The zero-order valence-electron chi connectivity index (χ0n) is 14.7. The summed E-state index contributed by atoms with van der Waals surface area (Å²) in [4.78, 5) is 48.0. The van der Waals surface area contributed by atoms with Crippen LogP contribution in [0.4, 0.5) is 31.1 Å². The van der Waals surface area contributed by atoms with Crippen LogP contribution in [-0.4, -0.2) is 82.9 Å². The van der Waals surface area contributed by atoms with Crippen molar-refractivity contribution in [1.29, 1.82) is 0 Å². The summed E-state index contributed by atoms with van der Waals surface area (Å²) in [7, 11) is 0. The Morgan fingerprint density at radius 3 is 2.33 bits per heavy atom. The molecule has 3 heterocycles. The van der Waals surface area contributed by atoms with E-state index in [1.165, 1.54) is 5.32 Å². The van der Waals surface area contributed by atoms with Crippen LogP contribution in [0.3, 0.4) is 0 Å². The lowest BCUT2D eigenvalue weighted by Gasteiger charge is -2.49. The summed E-state index contributed by atoms with van der Waals surface area (Å²) in [5.74, 6) is -5.64. The van der Waals surface area contributed by atoms with E-state index in [0.717, 1.165) is 4.90 Å². The highest BCUT2D eigenvalue weighted by atomic mass is 19.4. The van der Waals surface area contributed by atoms with Gasteiger partial charge in [-0.3, -0.25) is 14.5 Å². The molecule has 2 fully saturated rings. The van der Waals surface area contributed by atoms with Crippen molar-refractivity contribution in [2.24, 2.45) is 5.92 Å². The monoisotopic (exact) mass is 445 g/mol. The minimum Gasteiger partial charge on any atom is -0.477 e. The van der Waals surface area contributed by atoms with Crippen molar-refractivity contribution < 1.29 is 55.4 Å². The fraction of sp³-hybridized carbons (Fsp3) is 0.600. The molecule has 3 aliphatic heterocycles. The fourth-order valence-electron chi connectivity index (χ4n) is 3.91. The van der Waals surface area contributed by atoms with E-state index >= 15 is 0 Å². The van der Waals surface area contributed by atoms with Gasteiger partial charge in [0.2, 0.25) is 0 Å². The fourth-order valence-corrected chi connectivity index (χ4v) is 3.91. The molecule has 9 nitrogen and oxygen atoms in total. The number of alkyl carbamates (subject to hydrolysis) is 1. The second kappa shape index (κ2) is 7.05. The van der Waals surface area contributed by atoms with Crippen LogP contribution in [0.15, 0.2) is 11.3 Å². The van der Waals surface area contributed by atoms with Gasteiger partial charge < -0.3 is 20.1 Å². The van der Waals surface area contributed by atoms with Gasteiger partial charge in [0.1, 0.15) is 24.9 Å². The summed E-state index contributed by atoms with van der Waals surface area (Å²) in [5, 5.41) is 10.8. The third-order valence-corrected chi connectivity index (χ3v) is 4.96. The number of rotatable bonds is 4. The molecule has 30 heavy (non-hydrogen) atoms. The lowest BCUT2D eigenvalue weighted by atomic mass is 9.79. The van der Waals surface area contributed by atoms with E-state index in [9.17, 15) is 50.6 Å². The summed E-state index contributed by atoms with van der Waals surface area (Å²) in [5.41, 5.74) is -0.790. The van der Waals surface area contributed by atoms with Gasteiger partial charge in [-0.05, 0) is 12.0 Å². The molecular weight excluding hydrogens is 432 g/mol. The van der Waals surface area contributed by atoms with Crippen molar-refractivity contribution >= 4 is 23.9 Å². The van der Waals surface area contributed by atoms with Crippen LogP contribution in [0.25, 0.3) is 0 Å². The second-order valence-electron chi connectivity index (χ2n) is 6.87. The maximum Gasteiger partial charge on any atom is 0.471 e. The minimum absolute atomic E-state index is 0.168. The molecule has 0 saturated carbocycles. The summed E-state index contributed by atoms with van der Waals surface area (Å²) < 4.78 is 79.2. The van der Waals surface area contributed by atoms with Crippen LogP contribution in [0, 0.1) is 5.92 Å². The first-order valence-corrected chi connectivity index (χ1v) is 8.36.